The molecule has 0 unspecified atom stereocenters. The normalized spacial score (nSPS) is 0. The van der Waals surface area contributed by atoms with Gasteiger partial charge in [0, 0.05) is 26.6 Å². The van der Waals surface area contributed by atoms with E-state index in [1.54, 1.807) is 0 Å². The summed E-state index contributed by atoms with van der Waals surface area (Å²) in [6.07, 6.45) is 0. The van der Waals surface area contributed by atoms with E-state index in [1.807, 2.05) is 0 Å². The first-order valence-corrected chi connectivity index (χ1v) is 0. The third-order valence-corrected chi connectivity index (χ3v) is 0. The molecule has 0 spiro atoms. The summed E-state index contributed by atoms with van der Waals surface area (Å²) in [5.74, 6) is 0. The van der Waals surface area contributed by atoms with Crippen molar-refractivity contribution in [2.75, 3.05) is 0 Å². The van der Waals surface area contributed by atoms with E-state index in [0.717, 1.165) is 0 Å². The molecule has 0 aromatic heterocycles. The number of rotatable bonds is 0. The first-order valence-electron chi connectivity index (χ1n) is 0. The fraction of sp³-hybridized carbons (Fsp3) is 0. The molecule has 0 aliphatic carbocycles. The SMILES string of the molecule is [Cl-].[Cl-].[Cl-].[Po]. The summed E-state index contributed by atoms with van der Waals surface area (Å²) in [4.78, 5) is 0. The Morgan fingerprint density at radius 2 is 0.500 bits per heavy atom. The first kappa shape index (κ1) is 42.0. The topological polar surface area (TPSA) is 0 Å². The van der Waals surface area contributed by atoms with Crippen LogP contribution in [0.25, 0.3) is 0 Å². The van der Waals surface area contributed by atoms with Crippen molar-refractivity contribution < 1.29 is 37.2 Å². The average molecular weight is 315 g/mol. The van der Waals surface area contributed by atoms with Crippen molar-refractivity contribution in [2.24, 2.45) is 0 Å². The van der Waals surface area contributed by atoms with Crippen molar-refractivity contribution in [1.82, 2.24) is 0 Å². The van der Waals surface area contributed by atoms with Crippen LogP contribution in [-0.4, -0.2) is 26.6 Å². The summed E-state index contributed by atoms with van der Waals surface area (Å²) in [5.41, 5.74) is 0. The summed E-state index contributed by atoms with van der Waals surface area (Å²) in [5, 5.41) is 0. The van der Waals surface area contributed by atoms with Gasteiger partial charge in [-0.15, -0.1) is 0 Å². The van der Waals surface area contributed by atoms with Crippen LogP contribution >= 0.6 is 0 Å². The fourth-order valence-electron chi connectivity index (χ4n) is 0. The van der Waals surface area contributed by atoms with Gasteiger partial charge < -0.3 is 37.2 Å². The average Bonchev–Trinajstić information content (AvgIpc) is 0. The van der Waals surface area contributed by atoms with E-state index in [0.29, 0.717) is 0 Å². The Labute approximate surface area is 63.4 Å². The Bertz CT molecular complexity index is 3.25. The number of hydrogen-bond acceptors (Lipinski definition) is 0. The van der Waals surface area contributed by atoms with Gasteiger partial charge in [0.2, 0.25) is 0 Å². The summed E-state index contributed by atoms with van der Waals surface area (Å²) in [6.45, 7) is 0. The summed E-state index contributed by atoms with van der Waals surface area (Å²) in [7, 11) is 0. The van der Waals surface area contributed by atoms with Crippen LogP contribution in [0, 0.1) is 0 Å². The fourth-order valence-corrected chi connectivity index (χ4v) is 0. The molecule has 0 aliphatic heterocycles. The monoisotopic (exact) mass is 314 g/mol. The second-order valence-electron chi connectivity index (χ2n) is 0. The van der Waals surface area contributed by atoms with Crippen molar-refractivity contribution in [3.63, 3.8) is 0 Å². The maximum absolute atomic E-state index is 0. The minimum Gasteiger partial charge on any atom is -1.00 e. The molecule has 4 heavy (non-hydrogen) atoms. The maximum atomic E-state index is 0. The zero-order valence-corrected chi connectivity index (χ0v) is 6.98. The van der Waals surface area contributed by atoms with E-state index < -0.39 is 0 Å². The third-order valence-electron chi connectivity index (χ3n) is 0. The molecule has 0 rings (SSSR count). The van der Waals surface area contributed by atoms with Crippen LogP contribution in [-0.2, 0) is 0 Å². The Morgan fingerprint density at radius 1 is 0.500 bits per heavy atom. The Morgan fingerprint density at radius 3 is 0.500 bits per heavy atom. The minimum atomic E-state index is 0. The van der Waals surface area contributed by atoms with E-state index in [1.165, 1.54) is 0 Å². The molecule has 0 aliphatic rings. The quantitative estimate of drug-likeness (QED) is 0.417. The van der Waals surface area contributed by atoms with Crippen molar-refractivity contribution >= 4 is 26.6 Å². The molecular weight excluding hydrogens is 315 g/mol. The van der Waals surface area contributed by atoms with Crippen LogP contribution in [0.3, 0.4) is 0 Å². The largest absolute Gasteiger partial charge is 1.00 e. The molecule has 0 fully saturated rings. The van der Waals surface area contributed by atoms with Gasteiger partial charge >= 0.3 is 0 Å². The molecule has 0 nitrogen and oxygen atoms in total. The van der Waals surface area contributed by atoms with E-state index in [-0.39, 0.29) is 63.8 Å². The standard InChI is InChI=1S/3ClH.Po/h3*1H;/p-3. The summed E-state index contributed by atoms with van der Waals surface area (Å²) in [6, 6.07) is 0. The molecule has 0 atom stereocenters. The van der Waals surface area contributed by atoms with Crippen LogP contribution in [0.15, 0.2) is 0 Å². The predicted octanol–water partition coefficient (Wildman–Crippen LogP) is -9.37. The zero-order chi connectivity index (χ0) is 0. The van der Waals surface area contributed by atoms with E-state index in [9.17, 15) is 0 Å². The van der Waals surface area contributed by atoms with Gasteiger partial charge in [0.05, 0.1) is 0 Å². The molecule has 4 heteroatoms. The van der Waals surface area contributed by atoms with E-state index in [2.05, 4.69) is 0 Å². The van der Waals surface area contributed by atoms with Crippen molar-refractivity contribution in [1.29, 1.82) is 0 Å². The van der Waals surface area contributed by atoms with Crippen LogP contribution in [0.1, 0.15) is 0 Å². The molecule has 0 saturated heterocycles. The van der Waals surface area contributed by atoms with Gasteiger partial charge in [-0.2, -0.15) is 0 Å². The second-order valence-corrected chi connectivity index (χ2v) is 0. The number of halogens is 3. The van der Waals surface area contributed by atoms with Crippen LogP contribution < -0.4 is 37.2 Å². The van der Waals surface area contributed by atoms with Gasteiger partial charge in [0.25, 0.3) is 0 Å². The van der Waals surface area contributed by atoms with Gasteiger partial charge in [-0.1, -0.05) is 0 Å². The summed E-state index contributed by atoms with van der Waals surface area (Å²) >= 11 is 0. The molecule has 0 saturated carbocycles. The van der Waals surface area contributed by atoms with Crippen molar-refractivity contribution in [3.05, 3.63) is 0 Å². The molecule has 0 aromatic carbocycles. The maximum Gasteiger partial charge on any atom is 0 e. The molecular formula is Cl3Po-3. The molecule has 30 valence electrons. The molecule has 0 N–H and O–H groups in total. The predicted molar refractivity (Wildman–Crippen MR) is 5.75 cm³/mol. The first-order chi connectivity index (χ1) is 0. The molecule has 0 amide bonds. The zero-order valence-electron chi connectivity index (χ0n) is 1.54. The molecule has 0 aromatic rings. The van der Waals surface area contributed by atoms with Gasteiger partial charge in [-0.05, 0) is 0 Å². The molecule has 0 bridgehead atoms. The van der Waals surface area contributed by atoms with Crippen LogP contribution in [0.5, 0.6) is 0 Å². The van der Waals surface area contributed by atoms with Gasteiger partial charge in [-0.3, -0.25) is 0 Å². The molecule has 2 radical (unpaired) electrons. The van der Waals surface area contributed by atoms with Gasteiger partial charge in [0.15, 0.2) is 0 Å². The van der Waals surface area contributed by atoms with E-state index >= 15 is 0 Å². The minimum absolute atomic E-state index is 0. The third kappa shape index (κ3) is 9.24. The van der Waals surface area contributed by atoms with Gasteiger partial charge in [-0.25, -0.2) is 0 Å². The van der Waals surface area contributed by atoms with Crippen molar-refractivity contribution in [2.45, 2.75) is 0 Å². The Kier molecular flexibility index (Phi) is 228. The smallest absolute Gasteiger partial charge is 0 e. The van der Waals surface area contributed by atoms with E-state index in [4.69, 9.17) is 0 Å². The number of hydrogen-bond donors (Lipinski definition) is 0. The molecule has 0 heterocycles. The van der Waals surface area contributed by atoms with Gasteiger partial charge in [0.1, 0.15) is 0 Å². The van der Waals surface area contributed by atoms with Crippen LogP contribution in [0.4, 0.5) is 0 Å². The Hall–Kier alpha value is 1.77. The summed E-state index contributed by atoms with van der Waals surface area (Å²) < 4.78 is 0. The van der Waals surface area contributed by atoms with Crippen molar-refractivity contribution in [3.8, 4) is 0 Å². The second kappa shape index (κ2) is 21.7. The Balaban J connectivity index is 0. The van der Waals surface area contributed by atoms with Crippen LogP contribution in [0.2, 0.25) is 0 Å².